The lowest BCUT2D eigenvalue weighted by atomic mass is 10.0. The number of carboxylic acid groups (broad SMARTS) is 1. The first-order valence-corrected chi connectivity index (χ1v) is 8.22. The minimum absolute atomic E-state index is 0.0628. The minimum Gasteiger partial charge on any atom is -0.479 e. The molecular weight excluding hydrogens is 336 g/mol. The maximum Gasteiger partial charge on any atom is 0.331 e. The van der Waals surface area contributed by atoms with Crippen molar-refractivity contribution in [2.45, 2.75) is 17.4 Å². The Balaban J connectivity index is 2.95. The van der Waals surface area contributed by atoms with Gasteiger partial charge in [0.2, 0.25) is 10.0 Å². The molecule has 24 heavy (non-hydrogen) atoms. The molecule has 1 aromatic carbocycles. The Morgan fingerprint density at radius 2 is 1.92 bits per heavy atom. The van der Waals surface area contributed by atoms with Gasteiger partial charge in [-0.15, -0.1) is 6.42 Å². The second-order valence-electron chi connectivity index (χ2n) is 5.08. The van der Waals surface area contributed by atoms with Gasteiger partial charge in [-0.05, 0) is 31.2 Å². The number of sulfonamides is 1. The fourth-order valence-corrected chi connectivity index (χ4v) is 2.70. The number of carbonyl (C=O) groups is 2. The number of nitrogens with one attached hydrogen (secondary N) is 2. The van der Waals surface area contributed by atoms with Crippen molar-refractivity contribution < 1.29 is 27.9 Å². The van der Waals surface area contributed by atoms with Crippen LogP contribution in [0, 0.1) is 12.3 Å². The quantitative estimate of drug-likeness (QED) is 0.557. The second-order valence-corrected chi connectivity index (χ2v) is 6.84. The van der Waals surface area contributed by atoms with E-state index < -0.39 is 27.4 Å². The van der Waals surface area contributed by atoms with Crippen molar-refractivity contribution in [2.75, 3.05) is 20.3 Å². The highest BCUT2D eigenvalue weighted by Gasteiger charge is 2.35. The molecular formula is C15H18N2O6S. The Kier molecular flexibility index (Phi) is 6.48. The number of rotatable bonds is 8. The zero-order chi connectivity index (χ0) is 18.4. The Morgan fingerprint density at radius 3 is 2.38 bits per heavy atom. The second kappa shape index (κ2) is 7.92. The molecule has 0 fully saturated rings. The molecule has 0 aliphatic carbocycles. The van der Waals surface area contributed by atoms with Crippen LogP contribution in [-0.2, 0) is 19.6 Å². The Morgan fingerprint density at radius 1 is 1.33 bits per heavy atom. The topological polar surface area (TPSA) is 122 Å². The van der Waals surface area contributed by atoms with Gasteiger partial charge < -0.3 is 15.2 Å². The molecule has 3 N–H and O–H groups in total. The van der Waals surface area contributed by atoms with E-state index in [4.69, 9.17) is 11.2 Å². The van der Waals surface area contributed by atoms with Crippen LogP contribution in [0.5, 0.6) is 0 Å². The summed E-state index contributed by atoms with van der Waals surface area (Å²) in [7, 11) is -2.44. The van der Waals surface area contributed by atoms with Crippen LogP contribution < -0.4 is 10.0 Å². The first-order chi connectivity index (χ1) is 11.2. The monoisotopic (exact) mass is 354 g/mol. The molecule has 0 radical (unpaired) electrons. The standard InChI is InChI=1S/C15H18N2O6S/c1-4-9-16-24(21,22)12-7-5-11(6-8-12)13(18)17-15(2,10-23-3)14(19)20/h1,5-8,16H,9-10H2,2-3H3,(H,17,18)(H,19,20). The summed E-state index contributed by atoms with van der Waals surface area (Å²) < 4.78 is 30.7. The van der Waals surface area contributed by atoms with E-state index in [2.05, 4.69) is 16.0 Å². The molecule has 0 saturated carbocycles. The maximum absolute atomic E-state index is 12.2. The van der Waals surface area contributed by atoms with E-state index in [1.165, 1.54) is 38.3 Å². The third kappa shape index (κ3) is 4.79. The van der Waals surface area contributed by atoms with Crippen LogP contribution in [-0.4, -0.2) is 51.2 Å². The predicted molar refractivity (Wildman–Crippen MR) is 85.8 cm³/mol. The van der Waals surface area contributed by atoms with Gasteiger partial charge in [0, 0.05) is 12.7 Å². The van der Waals surface area contributed by atoms with E-state index in [0.29, 0.717) is 0 Å². The van der Waals surface area contributed by atoms with Gasteiger partial charge in [-0.25, -0.2) is 13.2 Å². The van der Waals surface area contributed by atoms with Gasteiger partial charge in [0.15, 0.2) is 5.54 Å². The van der Waals surface area contributed by atoms with Gasteiger partial charge in [0.05, 0.1) is 18.0 Å². The van der Waals surface area contributed by atoms with Crippen molar-refractivity contribution in [3.8, 4) is 12.3 Å². The molecule has 130 valence electrons. The molecule has 9 heteroatoms. The van der Waals surface area contributed by atoms with Crippen molar-refractivity contribution in [3.05, 3.63) is 29.8 Å². The number of methoxy groups -OCH3 is 1. The lowest BCUT2D eigenvalue weighted by Gasteiger charge is -2.25. The molecule has 1 rings (SSSR count). The summed E-state index contributed by atoms with van der Waals surface area (Å²) in [6.07, 6.45) is 5.00. The molecule has 0 aliphatic heterocycles. The minimum atomic E-state index is -3.76. The highest BCUT2D eigenvalue weighted by atomic mass is 32.2. The number of hydrogen-bond acceptors (Lipinski definition) is 5. The Labute approximate surface area is 140 Å². The molecule has 0 spiro atoms. The maximum atomic E-state index is 12.2. The third-order valence-corrected chi connectivity index (χ3v) is 4.50. The van der Waals surface area contributed by atoms with Gasteiger partial charge in [-0.2, -0.15) is 4.72 Å². The number of terminal acetylenes is 1. The van der Waals surface area contributed by atoms with Gasteiger partial charge >= 0.3 is 5.97 Å². The number of carbonyl (C=O) groups excluding carboxylic acids is 1. The van der Waals surface area contributed by atoms with Crippen molar-refractivity contribution in [2.24, 2.45) is 0 Å². The molecule has 0 aliphatic rings. The van der Waals surface area contributed by atoms with Crippen LogP contribution >= 0.6 is 0 Å². The van der Waals surface area contributed by atoms with Crippen LogP contribution in [0.15, 0.2) is 29.2 Å². The lowest BCUT2D eigenvalue weighted by molar-refractivity contribution is -0.145. The van der Waals surface area contributed by atoms with E-state index in [0.717, 1.165) is 0 Å². The molecule has 1 amide bonds. The average Bonchev–Trinajstić information content (AvgIpc) is 2.53. The van der Waals surface area contributed by atoms with Crippen molar-refractivity contribution in [3.63, 3.8) is 0 Å². The fraction of sp³-hybridized carbons (Fsp3) is 0.333. The number of ether oxygens (including phenoxy) is 1. The highest BCUT2D eigenvalue weighted by molar-refractivity contribution is 7.89. The van der Waals surface area contributed by atoms with E-state index in [1.807, 2.05) is 0 Å². The molecule has 8 nitrogen and oxygen atoms in total. The summed E-state index contributed by atoms with van der Waals surface area (Å²) in [5.74, 6) is 0.226. The van der Waals surface area contributed by atoms with Gasteiger partial charge in [-0.1, -0.05) is 5.92 Å². The normalized spacial score (nSPS) is 13.5. The summed E-state index contributed by atoms with van der Waals surface area (Å²) in [4.78, 5) is 23.4. The van der Waals surface area contributed by atoms with E-state index in [9.17, 15) is 23.1 Å². The van der Waals surface area contributed by atoms with Gasteiger partial charge in [0.25, 0.3) is 5.91 Å². The molecule has 1 atom stereocenters. The fourth-order valence-electron chi connectivity index (χ4n) is 1.77. The van der Waals surface area contributed by atoms with Crippen LogP contribution in [0.2, 0.25) is 0 Å². The molecule has 0 heterocycles. The molecule has 0 bridgehead atoms. The first kappa shape index (κ1) is 19.6. The zero-order valence-electron chi connectivity index (χ0n) is 13.2. The molecule has 1 unspecified atom stereocenters. The highest BCUT2D eigenvalue weighted by Crippen LogP contribution is 2.12. The third-order valence-electron chi connectivity index (χ3n) is 3.09. The van der Waals surface area contributed by atoms with Crippen molar-refractivity contribution in [1.29, 1.82) is 0 Å². The number of aliphatic carboxylic acids is 1. The molecule has 0 aromatic heterocycles. The summed E-state index contributed by atoms with van der Waals surface area (Å²) in [6.45, 7) is 0.925. The summed E-state index contributed by atoms with van der Waals surface area (Å²) in [5, 5.41) is 11.5. The zero-order valence-corrected chi connectivity index (χ0v) is 14.0. The Bertz CT molecular complexity index is 751. The van der Waals surface area contributed by atoms with E-state index >= 15 is 0 Å². The van der Waals surface area contributed by atoms with Crippen LogP contribution in [0.4, 0.5) is 0 Å². The average molecular weight is 354 g/mol. The van der Waals surface area contributed by atoms with Crippen LogP contribution in [0.1, 0.15) is 17.3 Å². The summed E-state index contributed by atoms with van der Waals surface area (Å²) >= 11 is 0. The predicted octanol–water partition coefficient (Wildman–Crippen LogP) is -0.182. The Hall–Kier alpha value is -2.41. The SMILES string of the molecule is C#CCNS(=O)(=O)c1ccc(C(=O)NC(C)(COC)C(=O)O)cc1. The molecule has 1 aromatic rings. The van der Waals surface area contributed by atoms with E-state index in [-0.39, 0.29) is 23.6 Å². The van der Waals surface area contributed by atoms with Crippen molar-refractivity contribution >= 4 is 21.9 Å². The van der Waals surface area contributed by atoms with Crippen molar-refractivity contribution in [1.82, 2.24) is 10.0 Å². The smallest absolute Gasteiger partial charge is 0.331 e. The lowest BCUT2D eigenvalue weighted by Crippen LogP contribution is -2.55. The number of amides is 1. The van der Waals surface area contributed by atoms with Crippen LogP contribution in [0.3, 0.4) is 0 Å². The van der Waals surface area contributed by atoms with Gasteiger partial charge in [-0.3, -0.25) is 4.79 Å². The number of carboxylic acids is 1. The van der Waals surface area contributed by atoms with Gasteiger partial charge in [0.1, 0.15) is 0 Å². The number of hydrogen-bond donors (Lipinski definition) is 3. The number of benzene rings is 1. The largest absolute Gasteiger partial charge is 0.479 e. The summed E-state index contributed by atoms with van der Waals surface area (Å²) in [5.41, 5.74) is -1.50. The van der Waals surface area contributed by atoms with E-state index in [1.54, 1.807) is 0 Å². The summed E-state index contributed by atoms with van der Waals surface area (Å²) in [6, 6.07) is 4.99. The molecule has 0 saturated heterocycles. The van der Waals surface area contributed by atoms with Crippen LogP contribution in [0.25, 0.3) is 0 Å². The first-order valence-electron chi connectivity index (χ1n) is 6.74.